The number of anilines is 1. The number of benzene rings is 2. The standard InChI is InChI=1S/C20H21ClN2O3.ClH/c21-14-6-7-17(23-15-3-1-2-4-15)16(10-14)20(24)22-11-13-5-8-18-19(9-13)26-12-25-18;/h5-10,15,23H,1-4,11-12H2,(H,22,24);1H. The van der Waals surface area contributed by atoms with E-state index in [2.05, 4.69) is 10.6 Å². The molecule has 1 heterocycles. The Kier molecular flexibility index (Phi) is 6.34. The molecule has 0 spiro atoms. The van der Waals surface area contributed by atoms with Crippen LogP contribution in [0, 0.1) is 0 Å². The lowest BCUT2D eigenvalue weighted by Crippen LogP contribution is -2.25. The van der Waals surface area contributed by atoms with Crippen molar-refractivity contribution in [2.75, 3.05) is 12.1 Å². The molecule has 0 saturated heterocycles. The van der Waals surface area contributed by atoms with Crippen molar-refractivity contribution in [2.24, 2.45) is 0 Å². The monoisotopic (exact) mass is 408 g/mol. The molecule has 2 aliphatic rings. The number of halogens is 2. The van der Waals surface area contributed by atoms with Gasteiger partial charge in [-0.1, -0.05) is 30.5 Å². The molecule has 1 saturated carbocycles. The molecule has 2 N–H and O–H groups in total. The summed E-state index contributed by atoms with van der Waals surface area (Å²) in [7, 11) is 0. The van der Waals surface area contributed by atoms with E-state index in [1.807, 2.05) is 30.3 Å². The first-order valence-corrected chi connectivity index (χ1v) is 9.30. The lowest BCUT2D eigenvalue weighted by atomic mass is 10.1. The van der Waals surface area contributed by atoms with E-state index in [0.29, 0.717) is 28.9 Å². The number of ether oxygens (including phenoxy) is 2. The van der Waals surface area contributed by atoms with E-state index >= 15 is 0 Å². The molecule has 2 aromatic rings. The Labute approximate surface area is 169 Å². The molecule has 0 radical (unpaired) electrons. The van der Waals surface area contributed by atoms with Gasteiger partial charge in [0.05, 0.1) is 5.56 Å². The average molecular weight is 409 g/mol. The van der Waals surface area contributed by atoms with Crippen LogP contribution in [-0.4, -0.2) is 18.7 Å². The first kappa shape index (κ1) is 19.6. The van der Waals surface area contributed by atoms with Crippen molar-refractivity contribution in [1.82, 2.24) is 5.32 Å². The molecule has 2 aromatic carbocycles. The van der Waals surface area contributed by atoms with Gasteiger partial charge in [-0.15, -0.1) is 12.4 Å². The van der Waals surface area contributed by atoms with Crippen LogP contribution in [0.2, 0.25) is 5.02 Å². The number of fused-ring (bicyclic) bond motifs is 1. The molecule has 0 unspecified atom stereocenters. The first-order valence-electron chi connectivity index (χ1n) is 8.92. The van der Waals surface area contributed by atoms with E-state index in [0.717, 1.165) is 29.8 Å². The molecule has 1 amide bonds. The topological polar surface area (TPSA) is 59.6 Å². The zero-order valence-corrected chi connectivity index (χ0v) is 16.4. The maximum Gasteiger partial charge on any atom is 0.253 e. The summed E-state index contributed by atoms with van der Waals surface area (Å²) in [6.07, 6.45) is 4.75. The molecular weight excluding hydrogens is 387 g/mol. The summed E-state index contributed by atoms with van der Waals surface area (Å²) in [4.78, 5) is 12.7. The number of amides is 1. The SMILES string of the molecule is Cl.O=C(NCc1ccc2c(c1)OCO2)c1cc(Cl)ccc1NC1CCCC1. The fraction of sp³-hybridized carbons (Fsp3) is 0.350. The van der Waals surface area contributed by atoms with Crippen molar-refractivity contribution in [3.05, 3.63) is 52.5 Å². The minimum atomic E-state index is -0.148. The van der Waals surface area contributed by atoms with Crippen LogP contribution in [0.1, 0.15) is 41.6 Å². The molecule has 1 aliphatic heterocycles. The quantitative estimate of drug-likeness (QED) is 0.747. The summed E-state index contributed by atoms with van der Waals surface area (Å²) in [5.41, 5.74) is 2.37. The van der Waals surface area contributed by atoms with Gasteiger partial charge < -0.3 is 20.1 Å². The molecule has 0 aromatic heterocycles. The molecule has 7 heteroatoms. The van der Waals surface area contributed by atoms with Gasteiger partial charge in [0.2, 0.25) is 6.79 Å². The van der Waals surface area contributed by atoms with Crippen LogP contribution in [0.15, 0.2) is 36.4 Å². The van der Waals surface area contributed by atoms with Crippen LogP contribution in [-0.2, 0) is 6.54 Å². The Bertz CT molecular complexity index is 823. The predicted octanol–water partition coefficient (Wildman–Crippen LogP) is 4.78. The van der Waals surface area contributed by atoms with Crippen LogP contribution >= 0.6 is 24.0 Å². The smallest absolute Gasteiger partial charge is 0.253 e. The lowest BCUT2D eigenvalue weighted by molar-refractivity contribution is 0.0951. The van der Waals surface area contributed by atoms with Crippen molar-refractivity contribution in [1.29, 1.82) is 0 Å². The van der Waals surface area contributed by atoms with Gasteiger partial charge in [0.25, 0.3) is 5.91 Å². The summed E-state index contributed by atoms with van der Waals surface area (Å²) < 4.78 is 10.7. The fourth-order valence-electron chi connectivity index (χ4n) is 3.45. The van der Waals surface area contributed by atoms with Crippen molar-refractivity contribution >= 4 is 35.6 Å². The van der Waals surface area contributed by atoms with Crippen LogP contribution in [0.3, 0.4) is 0 Å². The zero-order chi connectivity index (χ0) is 17.9. The number of rotatable bonds is 5. The Hall–Kier alpha value is -2.11. The molecule has 4 rings (SSSR count). The number of carbonyl (C=O) groups is 1. The van der Waals surface area contributed by atoms with Crippen LogP contribution in [0.5, 0.6) is 11.5 Å². The third-order valence-corrected chi connectivity index (χ3v) is 5.07. The van der Waals surface area contributed by atoms with E-state index in [1.54, 1.807) is 6.07 Å². The van der Waals surface area contributed by atoms with Gasteiger partial charge >= 0.3 is 0 Å². The minimum Gasteiger partial charge on any atom is -0.454 e. The minimum absolute atomic E-state index is 0. The van der Waals surface area contributed by atoms with E-state index in [1.165, 1.54) is 12.8 Å². The Morgan fingerprint density at radius 2 is 1.85 bits per heavy atom. The molecule has 0 atom stereocenters. The molecule has 0 bridgehead atoms. The van der Waals surface area contributed by atoms with Crippen molar-refractivity contribution in [3.8, 4) is 11.5 Å². The lowest BCUT2D eigenvalue weighted by Gasteiger charge is -2.17. The largest absolute Gasteiger partial charge is 0.454 e. The summed E-state index contributed by atoms with van der Waals surface area (Å²) in [6, 6.07) is 11.5. The second-order valence-electron chi connectivity index (χ2n) is 6.69. The molecule has 144 valence electrons. The Morgan fingerprint density at radius 1 is 1.07 bits per heavy atom. The van der Waals surface area contributed by atoms with Gasteiger partial charge in [-0.3, -0.25) is 4.79 Å². The van der Waals surface area contributed by atoms with E-state index < -0.39 is 0 Å². The molecule has 5 nitrogen and oxygen atoms in total. The molecule has 1 fully saturated rings. The summed E-state index contributed by atoms with van der Waals surface area (Å²) in [5.74, 6) is 1.30. The maximum absolute atomic E-state index is 12.7. The van der Waals surface area contributed by atoms with Crippen LogP contribution in [0.25, 0.3) is 0 Å². The molecular formula is C20H22Cl2N2O3. The van der Waals surface area contributed by atoms with E-state index in [4.69, 9.17) is 21.1 Å². The number of hydrogen-bond acceptors (Lipinski definition) is 4. The van der Waals surface area contributed by atoms with Crippen molar-refractivity contribution in [3.63, 3.8) is 0 Å². The second-order valence-corrected chi connectivity index (χ2v) is 7.12. The summed E-state index contributed by atoms with van der Waals surface area (Å²) in [6.45, 7) is 0.648. The normalized spacial score (nSPS) is 15.3. The highest BCUT2D eigenvalue weighted by Crippen LogP contribution is 2.32. The Balaban J connectivity index is 0.00000210. The van der Waals surface area contributed by atoms with Gasteiger partial charge in [0.15, 0.2) is 11.5 Å². The predicted molar refractivity (Wildman–Crippen MR) is 108 cm³/mol. The van der Waals surface area contributed by atoms with Crippen molar-refractivity contribution in [2.45, 2.75) is 38.3 Å². The van der Waals surface area contributed by atoms with Gasteiger partial charge in [0.1, 0.15) is 0 Å². The highest BCUT2D eigenvalue weighted by Gasteiger charge is 2.19. The highest BCUT2D eigenvalue weighted by atomic mass is 35.5. The van der Waals surface area contributed by atoms with Gasteiger partial charge in [-0.25, -0.2) is 0 Å². The zero-order valence-electron chi connectivity index (χ0n) is 14.8. The van der Waals surface area contributed by atoms with Crippen LogP contribution < -0.4 is 20.1 Å². The van der Waals surface area contributed by atoms with Gasteiger partial charge in [0, 0.05) is 23.3 Å². The van der Waals surface area contributed by atoms with E-state index in [9.17, 15) is 4.79 Å². The average Bonchev–Trinajstić information content (AvgIpc) is 3.32. The fourth-order valence-corrected chi connectivity index (χ4v) is 3.62. The second kappa shape index (κ2) is 8.72. The first-order chi connectivity index (χ1) is 12.7. The molecule has 1 aliphatic carbocycles. The number of nitrogens with one attached hydrogen (secondary N) is 2. The third kappa shape index (κ3) is 4.60. The highest BCUT2D eigenvalue weighted by molar-refractivity contribution is 6.31. The third-order valence-electron chi connectivity index (χ3n) is 4.83. The van der Waals surface area contributed by atoms with Crippen molar-refractivity contribution < 1.29 is 14.3 Å². The number of carbonyl (C=O) groups excluding carboxylic acids is 1. The van der Waals surface area contributed by atoms with Gasteiger partial charge in [-0.05, 0) is 48.7 Å². The molecule has 27 heavy (non-hydrogen) atoms. The summed E-state index contributed by atoms with van der Waals surface area (Å²) in [5, 5.41) is 7.01. The van der Waals surface area contributed by atoms with Crippen LogP contribution in [0.4, 0.5) is 5.69 Å². The number of hydrogen-bond donors (Lipinski definition) is 2. The maximum atomic E-state index is 12.7. The Morgan fingerprint density at radius 3 is 2.67 bits per heavy atom. The van der Waals surface area contributed by atoms with E-state index in [-0.39, 0.29) is 25.1 Å². The van der Waals surface area contributed by atoms with Gasteiger partial charge in [-0.2, -0.15) is 0 Å². The summed E-state index contributed by atoms with van der Waals surface area (Å²) >= 11 is 6.12.